The van der Waals surface area contributed by atoms with Gasteiger partial charge in [0.05, 0.1) is 22.3 Å². The quantitative estimate of drug-likeness (QED) is 0.610. The average Bonchev–Trinajstić information content (AvgIpc) is 2.74. The second-order valence-corrected chi connectivity index (χ2v) is 4.15. The van der Waals surface area contributed by atoms with Crippen LogP contribution in [0.5, 0.6) is 0 Å². The lowest BCUT2D eigenvalue weighted by Crippen LogP contribution is -2.23. The van der Waals surface area contributed by atoms with Crippen molar-refractivity contribution in [2.75, 3.05) is 18.0 Å². The first kappa shape index (κ1) is 12.3. The zero-order valence-electron chi connectivity index (χ0n) is 9.44. The van der Waals surface area contributed by atoms with Crippen LogP contribution in [0.15, 0.2) is 18.2 Å². The zero-order valence-corrected chi connectivity index (χ0v) is 9.44. The van der Waals surface area contributed by atoms with E-state index in [2.05, 4.69) is 0 Å². The number of nitro benzene ring substituents is 1. The van der Waals surface area contributed by atoms with Crippen LogP contribution in [0.2, 0.25) is 0 Å². The third kappa shape index (κ3) is 2.25. The summed E-state index contributed by atoms with van der Waals surface area (Å²) in [6, 6.07) is 3.63. The van der Waals surface area contributed by atoms with E-state index in [-0.39, 0.29) is 16.9 Å². The maximum absolute atomic E-state index is 11.1. The number of hydrogen-bond donors (Lipinski definition) is 2. The average molecular weight is 252 g/mol. The fourth-order valence-electron chi connectivity index (χ4n) is 2.04. The molecule has 0 saturated carbocycles. The minimum atomic E-state index is -1.14. The van der Waals surface area contributed by atoms with Crippen LogP contribution in [0.3, 0.4) is 0 Å². The summed E-state index contributed by atoms with van der Waals surface area (Å²) in [7, 11) is 0. The van der Waals surface area contributed by atoms with Gasteiger partial charge in [0, 0.05) is 25.2 Å². The minimum absolute atomic E-state index is 0.00898. The van der Waals surface area contributed by atoms with Gasteiger partial charge < -0.3 is 15.1 Å². The Kier molecular flexibility index (Phi) is 3.15. The number of nitro groups is 1. The predicted molar refractivity (Wildman–Crippen MR) is 62.9 cm³/mol. The van der Waals surface area contributed by atoms with E-state index in [0.717, 1.165) is 0 Å². The lowest BCUT2D eigenvalue weighted by atomic mass is 10.1. The molecule has 18 heavy (non-hydrogen) atoms. The summed E-state index contributed by atoms with van der Waals surface area (Å²) in [6.07, 6.45) is 0.00721. The number of carboxylic acid groups (broad SMARTS) is 1. The highest BCUT2D eigenvalue weighted by Gasteiger charge is 2.26. The second-order valence-electron chi connectivity index (χ2n) is 4.15. The van der Waals surface area contributed by atoms with Gasteiger partial charge in [-0.25, -0.2) is 4.79 Å². The Morgan fingerprint density at radius 3 is 2.72 bits per heavy atom. The highest BCUT2D eigenvalue weighted by atomic mass is 16.6. The maximum atomic E-state index is 11.1. The zero-order chi connectivity index (χ0) is 13.3. The molecule has 0 aromatic heterocycles. The van der Waals surface area contributed by atoms with Crippen LogP contribution < -0.4 is 4.90 Å². The molecule has 96 valence electrons. The van der Waals surface area contributed by atoms with Crippen molar-refractivity contribution in [2.45, 2.75) is 12.5 Å². The molecule has 0 spiro atoms. The number of non-ortho nitro benzene ring substituents is 1. The number of rotatable bonds is 3. The van der Waals surface area contributed by atoms with Gasteiger partial charge in [-0.05, 0) is 12.5 Å². The molecule has 1 aromatic rings. The van der Waals surface area contributed by atoms with Crippen molar-refractivity contribution in [3.63, 3.8) is 0 Å². The summed E-state index contributed by atoms with van der Waals surface area (Å²) >= 11 is 0. The summed E-state index contributed by atoms with van der Waals surface area (Å²) in [4.78, 5) is 22.9. The van der Waals surface area contributed by atoms with Gasteiger partial charge in [-0.1, -0.05) is 0 Å². The first-order valence-electron chi connectivity index (χ1n) is 5.44. The van der Waals surface area contributed by atoms with E-state index in [1.807, 2.05) is 0 Å². The Morgan fingerprint density at radius 2 is 2.22 bits per heavy atom. The Labute approximate surface area is 102 Å². The molecule has 1 saturated heterocycles. The predicted octanol–water partition coefficient (Wildman–Crippen LogP) is 0.864. The summed E-state index contributed by atoms with van der Waals surface area (Å²) in [5.74, 6) is -1.14. The topological polar surface area (TPSA) is 104 Å². The molecule has 1 atom stereocenters. The van der Waals surface area contributed by atoms with Crippen molar-refractivity contribution < 1.29 is 19.9 Å². The van der Waals surface area contributed by atoms with Gasteiger partial charge in [0.25, 0.3) is 5.69 Å². The van der Waals surface area contributed by atoms with Crippen molar-refractivity contribution >= 4 is 17.3 Å². The van der Waals surface area contributed by atoms with E-state index in [1.165, 1.54) is 18.2 Å². The van der Waals surface area contributed by atoms with Crippen molar-refractivity contribution in [1.82, 2.24) is 0 Å². The SMILES string of the molecule is O=C(O)c1ccc([N+](=O)[O-])cc1N1CCC(O)C1. The first-order valence-corrected chi connectivity index (χ1v) is 5.44. The molecule has 0 bridgehead atoms. The molecule has 0 aliphatic carbocycles. The molecule has 0 amide bonds. The number of benzene rings is 1. The molecule has 1 heterocycles. The van der Waals surface area contributed by atoms with Crippen molar-refractivity contribution in [3.05, 3.63) is 33.9 Å². The van der Waals surface area contributed by atoms with Crippen LogP contribution >= 0.6 is 0 Å². The highest BCUT2D eigenvalue weighted by Crippen LogP contribution is 2.29. The lowest BCUT2D eigenvalue weighted by Gasteiger charge is -2.19. The van der Waals surface area contributed by atoms with Gasteiger partial charge in [-0.3, -0.25) is 10.1 Å². The fourth-order valence-corrected chi connectivity index (χ4v) is 2.04. The van der Waals surface area contributed by atoms with E-state index in [0.29, 0.717) is 19.5 Å². The summed E-state index contributed by atoms with van der Waals surface area (Å²) < 4.78 is 0. The third-order valence-corrected chi connectivity index (χ3v) is 2.93. The number of aliphatic hydroxyl groups is 1. The van der Waals surface area contributed by atoms with Gasteiger partial charge in [0.2, 0.25) is 0 Å². The Bertz CT molecular complexity index is 502. The molecule has 0 radical (unpaired) electrons. The number of carboxylic acids is 1. The highest BCUT2D eigenvalue weighted by molar-refractivity contribution is 5.95. The molecule has 1 aliphatic heterocycles. The molecule has 1 aromatic carbocycles. The van der Waals surface area contributed by atoms with E-state index in [1.54, 1.807) is 4.90 Å². The lowest BCUT2D eigenvalue weighted by molar-refractivity contribution is -0.384. The molecular weight excluding hydrogens is 240 g/mol. The number of carbonyl (C=O) groups is 1. The number of nitrogens with zero attached hydrogens (tertiary/aromatic N) is 2. The maximum Gasteiger partial charge on any atom is 0.337 e. The molecule has 1 unspecified atom stereocenters. The molecule has 1 fully saturated rings. The first-order chi connectivity index (χ1) is 8.49. The number of anilines is 1. The third-order valence-electron chi connectivity index (χ3n) is 2.93. The minimum Gasteiger partial charge on any atom is -0.478 e. The van der Waals surface area contributed by atoms with Crippen LogP contribution in [0.4, 0.5) is 11.4 Å². The fraction of sp³-hybridized carbons (Fsp3) is 0.364. The van der Waals surface area contributed by atoms with E-state index >= 15 is 0 Å². The summed E-state index contributed by atoms with van der Waals surface area (Å²) in [5.41, 5.74) is 0.138. The Morgan fingerprint density at radius 1 is 1.50 bits per heavy atom. The smallest absolute Gasteiger partial charge is 0.337 e. The van der Waals surface area contributed by atoms with Crippen LogP contribution in [0.1, 0.15) is 16.8 Å². The van der Waals surface area contributed by atoms with Crippen LogP contribution in [0.25, 0.3) is 0 Å². The van der Waals surface area contributed by atoms with Gasteiger partial charge in [0.1, 0.15) is 0 Å². The van der Waals surface area contributed by atoms with Crippen LogP contribution in [-0.2, 0) is 0 Å². The Balaban J connectivity index is 2.44. The molecule has 1 aliphatic rings. The number of aromatic carboxylic acids is 1. The van der Waals surface area contributed by atoms with E-state index < -0.39 is 17.0 Å². The molecule has 2 rings (SSSR count). The van der Waals surface area contributed by atoms with Crippen molar-refractivity contribution in [1.29, 1.82) is 0 Å². The summed E-state index contributed by atoms with van der Waals surface area (Å²) in [5, 5.41) is 29.2. The number of β-amino-alcohol motifs (C(OH)–C–C–N with tert-alkyl or cyclic N) is 1. The number of hydrogen-bond acceptors (Lipinski definition) is 5. The van der Waals surface area contributed by atoms with Gasteiger partial charge in [0.15, 0.2) is 0 Å². The van der Waals surface area contributed by atoms with Crippen LogP contribution in [-0.4, -0.2) is 40.3 Å². The van der Waals surface area contributed by atoms with E-state index in [9.17, 15) is 20.0 Å². The van der Waals surface area contributed by atoms with Crippen molar-refractivity contribution in [3.8, 4) is 0 Å². The Hall–Kier alpha value is -2.15. The monoisotopic (exact) mass is 252 g/mol. The van der Waals surface area contributed by atoms with Gasteiger partial charge in [-0.15, -0.1) is 0 Å². The molecular formula is C11H12N2O5. The largest absolute Gasteiger partial charge is 0.478 e. The number of aliphatic hydroxyl groups excluding tert-OH is 1. The van der Waals surface area contributed by atoms with Gasteiger partial charge >= 0.3 is 5.97 Å². The standard InChI is InChI=1S/C11H12N2O5/c14-8-3-4-12(6-8)10-5-7(13(17)18)1-2-9(10)11(15)16/h1-2,5,8,14H,3-4,6H2,(H,15,16). The van der Waals surface area contributed by atoms with Gasteiger partial charge in [-0.2, -0.15) is 0 Å². The molecule has 7 nitrogen and oxygen atoms in total. The van der Waals surface area contributed by atoms with Crippen molar-refractivity contribution in [2.24, 2.45) is 0 Å². The second kappa shape index (κ2) is 4.61. The van der Waals surface area contributed by atoms with E-state index in [4.69, 9.17) is 5.11 Å². The molecule has 7 heteroatoms. The normalized spacial score (nSPS) is 18.9. The van der Waals surface area contributed by atoms with Crippen LogP contribution in [0, 0.1) is 10.1 Å². The molecule has 2 N–H and O–H groups in total. The summed E-state index contributed by atoms with van der Waals surface area (Å²) in [6.45, 7) is 0.782.